The normalized spacial score (nSPS) is 20.2. The van der Waals surface area contributed by atoms with Crippen molar-refractivity contribution in [3.63, 3.8) is 0 Å². The van der Waals surface area contributed by atoms with Crippen molar-refractivity contribution in [1.29, 1.82) is 0 Å². The molecular formula is C11H16N2O3S. The number of nitrogens with zero attached hydrogens (tertiary/aromatic N) is 2. The first-order chi connectivity index (χ1) is 8.16. The number of hydrogen-bond donors (Lipinski definition) is 1. The van der Waals surface area contributed by atoms with Crippen LogP contribution in [0.1, 0.15) is 29.8 Å². The van der Waals surface area contributed by atoms with Crippen molar-refractivity contribution in [2.24, 2.45) is 0 Å². The summed E-state index contributed by atoms with van der Waals surface area (Å²) < 4.78 is 5.64. The molecule has 1 saturated heterocycles. The van der Waals surface area contributed by atoms with E-state index < -0.39 is 5.97 Å². The number of ether oxygens (including phenoxy) is 1. The van der Waals surface area contributed by atoms with Crippen LogP contribution in [0.3, 0.4) is 0 Å². The number of thiazole rings is 1. The van der Waals surface area contributed by atoms with Gasteiger partial charge in [-0.3, -0.25) is 0 Å². The van der Waals surface area contributed by atoms with Gasteiger partial charge in [0.2, 0.25) is 0 Å². The summed E-state index contributed by atoms with van der Waals surface area (Å²) >= 11 is 1.35. The van der Waals surface area contributed by atoms with Crippen molar-refractivity contribution in [2.75, 3.05) is 25.1 Å². The zero-order chi connectivity index (χ0) is 12.3. The average molecular weight is 256 g/mol. The maximum atomic E-state index is 10.7. The van der Waals surface area contributed by atoms with Gasteiger partial charge in [-0.2, -0.15) is 0 Å². The molecule has 0 bridgehead atoms. The molecule has 0 radical (unpaired) electrons. The number of carboxylic acids is 1. The molecule has 1 aromatic rings. The summed E-state index contributed by atoms with van der Waals surface area (Å²) in [5.74, 6) is -0.977. The van der Waals surface area contributed by atoms with E-state index in [9.17, 15) is 4.79 Å². The lowest BCUT2D eigenvalue weighted by Gasteiger charge is -2.27. The largest absolute Gasteiger partial charge is 0.476 e. The molecule has 0 spiro atoms. The van der Waals surface area contributed by atoms with Crippen LogP contribution in [-0.4, -0.2) is 42.4 Å². The number of aromatic nitrogens is 1. The van der Waals surface area contributed by atoms with Gasteiger partial charge in [0.05, 0.1) is 6.10 Å². The Balaban J connectivity index is 1.93. The molecule has 1 aromatic heterocycles. The first kappa shape index (κ1) is 12.3. The van der Waals surface area contributed by atoms with Gasteiger partial charge in [-0.15, -0.1) is 11.3 Å². The van der Waals surface area contributed by atoms with E-state index in [1.165, 1.54) is 17.8 Å². The third-order valence-electron chi connectivity index (χ3n) is 2.79. The Kier molecular flexibility index (Phi) is 3.96. The fourth-order valence-corrected chi connectivity index (χ4v) is 2.65. The van der Waals surface area contributed by atoms with Gasteiger partial charge in [0, 0.05) is 25.6 Å². The number of carbonyl (C=O) groups is 1. The zero-order valence-electron chi connectivity index (χ0n) is 9.76. The Morgan fingerprint density at radius 3 is 3.12 bits per heavy atom. The van der Waals surface area contributed by atoms with Gasteiger partial charge in [0.1, 0.15) is 0 Å². The molecule has 2 rings (SSSR count). The Bertz CT molecular complexity index is 388. The fourth-order valence-electron chi connectivity index (χ4n) is 1.87. The second kappa shape index (κ2) is 5.46. The molecule has 1 N–H and O–H groups in total. The maximum absolute atomic E-state index is 10.7. The van der Waals surface area contributed by atoms with Crippen molar-refractivity contribution in [3.8, 4) is 0 Å². The predicted molar refractivity (Wildman–Crippen MR) is 65.9 cm³/mol. The van der Waals surface area contributed by atoms with E-state index in [1.54, 1.807) is 5.38 Å². The second-order valence-electron chi connectivity index (χ2n) is 4.19. The van der Waals surface area contributed by atoms with Crippen molar-refractivity contribution >= 4 is 22.4 Å². The van der Waals surface area contributed by atoms with Crippen LogP contribution in [0.5, 0.6) is 0 Å². The summed E-state index contributed by atoms with van der Waals surface area (Å²) in [6.45, 7) is 1.60. The van der Waals surface area contributed by atoms with Crippen LogP contribution in [-0.2, 0) is 4.74 Å². The lowest BCUT2D eigenvalue weighted by molar-refractivity contribution is 0.0216. The highest BCUT2D eigenvalue weighted by Gasteiger charge is 2.18. The summed E-state index contributed by atoms with van der Waals surface area (Å²) in [5.41, 5.74) is 0.112. The second-order valence-corrected chi connectivity index (χ2v) is 5.03. The topological polar surface area (TPSA) is 62.7 Å². The molecule has 0 aliphatic carbocycles. The van der Waals surface area contributed by atoms with Gasteiger partial charge in [0.15, 0.2) is 10.8 Å². The molecule has 0 saturated carbocycles. The quantitative estimate of drug-likeness (QED) is 0.890. The summed E-state index contributed by atoms with van der Waals surface area (Å²) in [6, 6.07) is 0. The Hall–Kier alpha value is -1.14. The van der Waals surface area contributed by atoms with Crippen molar-refractivity contribution in [2.45, 2.75) is 25.4 Å². The predicted octanol–water partition coefficient (Wildman–Crippen LogP) is 1.85. The van der Waals surface area contributed by atoms with Gasteiger partial charge in [-0.05, 0) is 19.3 Å². The van der Waals surface area contributed by atoms with Crippen LogP contribution >= 0.6 is 11.3 Å². The molecule has 2 heterocycles. The highest BCUT2D eigenvalue weighted by molar-refractivity contribution is 7.13. The Morgan fingerprint density at radius 1 is 1.71 bits per heavy atom. The fraction of sp³-hybridized carbons (Fsp3) is 0.636. The Labute approximate surface area is 104 Å². The van der Waals surface area contributed by atoms with Gasteiger partial charge in [-0.1, -0.05) is 0 Å². The molecule has 1 fully saturated rings. The zero-order valence-corrected chi connectivity index (χ0v) is 10.6. The highest BCUT2D eigenvalue weighted by Crippen LogP contribution is 2.21. The number of hydrogen-bond acceptors (Lipinski definition) is 5. The molecule has 94 valence electrons. The van der Waals surface area contributed by atoms with Crippen LogP contribution in [0.25, 0.3) is 0 Å². The summed E-state index contributed by atoms with van der Waals surface area (Å²) in [5, 5.41) is 11.1. The van der Waals surface area contributed by atoms with Crippen LogP contribution < -0.4 is 4.90 Å². The number of likely N-dealkylation sites (N-methyl/N-ethyl adjacent to an activating group) is 1. The number of anilines is 1. The van der Waals surface area contributed by atoms with Crippen molar-refractivity contribution in [3.05, 3.63) is 11.1 Å². The molecule has 1 atom stereocenters. The molecule has 1 unspecified atom stereocenters. The molecular weight excluding hydrogens is 240 g/mol. The SMILES string of the molecule is CN(CC1CCCCO1)c1nc(C(=O)O)cs1. The third-order valence-corrected chi connectivity index (χ3v) is 3.74. The first-order valence-corrected chi connectivity index (χ1v) is 6.56. The Morgan fingerprint density at radius 2 is 2.53 bits per heavy atom. The van der Waals surface area contributed by atoms with Gasteiger partial charge >= 0.3 is 5.97 Å². The summed E-state index contributed by atoms with van der Waals surface area (Å²) in [4.78, 5) is 16.8. The minimum absolute atomic E-state index is 0.112. The van der Waals surface area contributed by atoms with Crippen LogP contribution in [0, 0.1) is 0 Å². The first-order valence-electron chi connectivity index (χ1n) is 5.68. The van der Waals surface area contributed by atoms with E-state index in [0.29, 0.717) is 0 Å². The van der Waals surface area contributed by atoms with E-state index in [1.807, 2.05) is 11.9 Å². The molecule has 1 aliphatic rings. The minimum atomic E-state index is -0.977. The molecule has 5 nitrogen and oxygen atoms in total. The van der Waals surface area contributed by atoms with E-state index >= 15 is 0 Å². The number of carboxylic acid groups (broad SMARTS) is 1. The van der Waals surface area contributed by atoms with Gasteiger partial charge in [0.25, 0.3) is 0 Å². The van der Waals surface area contributed by atoms with Crippen LogP contribution in [0.2, 0.25) is 0 Å². The molecule has 0 aromatic carbocycles. The summed E-state index contributed by atoms with van der Waals surface area (Å²) in [7, 11) is 1.92. The van der Waals surface area contributed by atoms with Crippen LogP contribution in [0.4, 0.5) is 5.13 Å². The standard InChI is InChI=1S/C11H16N2O3S/c1-13(6-8-4-2-3-5-16-8)11-12-9(7-17-11)10(14)15/h7-8H,2-6H2,1H3,(H,14,15). The van der Waals surface area contributed by atoms with E-state index in [4.69, 9.17) is 9.84 Å². The molecule has 17 heavy (non-hydrogen) atoms. The summed E-state index contributed by atoms with van der Waals surface area (Å²) in [6.07, 6.45) is 3.66. The van der Waals surface area contributed by atoms with Gasteiger partial charge in [-0.25, -0.2) is 9.78 Å². The smallest absolute Gasteiger partial charge is 0.355 e. The number of rotatable bonds is 4. The third kappa shape index (κ3) is 3.17. The average Bonchev–Trinajstić information content (AvgIpc) is 2.79. The monoisotopic (exact) mass is 256 g/mol. The molecule has 1 aliphatic heterocycles. The van der Waals surface area contributed by atoms with Gasteiger partial charge < -0.3 is 14.7 Å². The lowest BCUT2D eigenvalue weighted by Crippen LogP contribution is -2.33. The molecule has 6 heteroatoms. The van der Waals surface area contributed by atoms with E-state index in [-0.39, 0.29) is 11.8 Å². The van der Waals surface area contributed by atoms with Crippen molar-refractivity contribution < 1.29 is 14.6 Å². The number of aromatic carboxylic acids is 1. The maximum Gasteiger partial charge on any atom is 0.355 e. The highest BCUT2D eigenvalue weighted by atomic mass is 32.1. The molecule has 0 amide bonds. The minimum Gasteiger partial charge on any atom is -0.476 e. The van der Waals surface area contributed by atoms with E-state index in [0.717, 1.165) is 31.1 Å². The lowest BCUT2D eigenvalue weighted by atomic mass is 10.1. The van der Waals surface area contributed by atoms with Crippen LogP contribution in [0.15, 0.2) is 5.38 Å². The van der Waals surface area contributed by atoms with E-state index in [2.05, 4.69) is 4.98 Å². The van der Waals surface area contributed by atoms with Crippen molar-refractivity contribution in [1.82, 2.24) is 4.98 Å².